The van der Waals surface area contributed by atoms with Crippen LogP contribution in [-0.4, -0.2) is 23.6 Å². The lowest BCUT2D eigenvalue weighted by atomic mass is 9.87. The van der Waals surface area contributed by atoms with Gasteiger partial charge in [0.25, 0.3) is 0 Å². The van der Waals surface area contributed by atoms with Gasteiger partial charge in [0.05, 0.1) is 5.69 Å². The van der Waals surface area contributed by atoms with Gasteiger partial charge in [0, 0.05) is 30.1 Å². The highest BCUT2D eigenvalue weighted by molar-refractivity contribution is 7.15. The van der Waals surface area contributed by atoms with Gasteiger partial charge < -0.3 is 10.2 Å². The maximum absolute atomic E-state index is 4.87. The van der Waals surface area contributed by atoms with Crippen molar-refractivity contribution >= 4 is 16.5 Å². The predicted molar refractivity (Wildman–Crippen MR) is 95.4 cm³/mol. The van der Waals surface area contributed by atoms with Gasteiger partial charge in [-0.2, -0.15) is 0 Å². The fraction of sp³-hybridized carbons (Fsp3) is 0.824. The van der Waals surface area contributed by atoms with Crippen molar-refractivity contribution < 1.29 is 0 Å². The van der Waals surface area contributed by atoms with E-state index in [1.54, 1.807) is 0 Å². The number of aryl methyl sites for hydroxylation is 1. The lowest BCUT2D eigenvalue weighted by Crippen LogP contribution is -2.39. The van der Waals surface area contributed by atoms with Gasteiger partial charge in [-0.25, -0.2) is 4.98 Å². The smallest absolute Gasteiger partial charge is 0.185 e. The van der Waals surface area contributed by atoms with E-state index < -0.39 is 0 Å². The molecule has 0 aliphatic carbocycles. The SMILES string of the molecule is CCc1nc(N(C)C(C)C(C)(C)C)sc1CNC(C)(C)C. The molecule has 1 aromatic heterocycles. The van der Waals surface area contributed by atoms with Crippen molar-refractivity contribution in [2.24, 2.45) is 5.41 Å². The number of hydrogen-bond acceptors (Lipinski definition) is 4. The molecule has 1 rings (SSSR count). The molecule has 0 aliphatic heterocycles. The van der Waals surface area contributed by atoms with E-state index in [1.165, 1.54) is 10.6 Å². The van der Waals surface area contributed by atoms with Gasteiger partial charge in [-0.3, -0.25) is 0 Å². The molecule has 1 heterocycles. The number of nitrogens with one attached hydrogen (secondary N) is 1. The first kappa shape index (κ1) is 18.4. The van der Waals surface area contributed by atoms with Crippen molar-refractivity contribution in [2.45, 2.75) is 79.9 Å². The van der Waals surface area contributed by atoms with Crippen LogP contribution in [0.1, 0.15) is 66.0 Å². The summed E-state index contributed by atoms with van der Waals surface area (Å²) in [5, 5.41) is 4.72. The first-order valence-electron chi connectivity index (χ1n) is 7.92. The first-order valence-corrected chi connectivity index (χ1v) is 8.73. The molecule has 3 nitrogen and oxygen atoms in total. The molecule has 0 fully saturated rings. The van der Waals surface area contributed by atoms with Crippen molar-refractivity contribution in [2.75, 3.05) is 11.9 Å². The lowest BCUT2D eigenvalue weighted by Gasteiger charge is -2.35. The van der Waals surface area contributed by atoms with Crippen molar-refractivity contribution in [1.29, 1.82) is 0 Å². The van der Waals surface area contributed by atoms with Gasteiger partial charge in [0.15, 0.2) is 5.13 Å². The fourth-order valence-electron chi connectivity index (χ4n) is 2.03. The Balaban J connectivity index is 2.93. The summed E-state index contributed by atoms with van der Waals surface area (Å²) in [6.45, 7) is 18.8. The van der Waals surface area contributed by atoms with Crippen LogP contribution in [0, 0.1) is 5.41 Å². The van der Waals surface area contributed by atoms with Crippen molar-refractivity contribution in [3.8, 4) is 0 Å². The Kier molecular flexibility index (Phi) is 5.84. The van der Waals surface area contributed by atoms with Crippen LogP contribution in [0.25, 0.3) is 0 Å². The molecule has 1 atom stereocenters. The zero-order chi connectivity index (χ0) is 16.4. The van der Waals surface area contributed by atoms with Gasteiger partial charge >= 0.3 is 0 Å². The molecule has 4 heteroatoms. The molecule has 0 aliphatic rings. The van der Waals surface area contributed by atoms with Crippen LogP contribution in [-0.2, 0) is 13.0 Å². The summed E-state index contributed by atoms with van der Waals surface area (Å²) in [5.74, 6) is 0. The van der Waals surface area contributed by atoms with Crippen molar-refractivity contribution in [1.82, 2.24) is 10.3 Å². The van der Waals surface area contributed by atoms with E-state index in [0.29, 0.717) is 6.04 Å². The van der Waals surface area contributed by atoms with Crippen LogP contribution in [0.15, 0.2) is 0 Å². The van der Waals surface area contributed by atoms with Gasteiger partial charge in [-0.1, -0.05) is 27.7 Å². The second-order valence-electron chi connectivity index (χ2n) is 7.98. The van der Waals surface area contributed by atoms with Crippen LogP contribution in [0.2, 0.25) is 0 Å². The average Bonchev–Trinajstić information content (AvgIpc) is 2.75. The maximum atomic E-state index is 4.87. The quantitative estimate of drug-likeness (QED) is 0.870. The molecule has 0 saturated carbocycles. The third-order valence-corrected chi connectivity index (χ3v) is 5.21. The van der Waals surface area contributed by atoms with Crippen LogP contribution in [0.5, 0.6) is 0 Å². The molecule has 1 N–H and O–H groups in total. The monoisotopic (exact) mass is 311 g/mol. The zero-order valence-electron chi connectivity index (χ0n) is 15.3. The molecule has 0 aromatic carbocycles. The minimum absolute atomic E-state index is 0.139. The Morgan fingerprint density at radius 2 is 1.76 bits per heavy atom. The minimum atomic E-state index is 0.139. The Morgan fingerprint density at radius 1 is 1.19 bits per heavy atom. The molecule has 21 heavy (non-hydrogen) atoms. The van der Waals surface area contributed by atoms with E-state index in [9.17, 15) is 0 Å². The van der Waals surface area contributed by atoms with Gasteiger partial charge in [0.1, 0.15) is 0 Å². The highest BCUT2D eigenvalue weighted by Gasteiger charge is 2.26. The number of hydrogen-bond donors (Lipinski definition) is 1. The third kappa shape index (κ3) is 5.26. The van der Waals surface area contributed by atoms with E-state index in [0.717, 1.165) is 18.1 Å². The topological polar surface area (TPSA) is 28.2 Å². The van der Waals surface area contributed by atoms with Crippen LogP contribution in [0.4, 0.5) is 5.13 Å². The van der Waals surface area contributed by atoms with Crippen molar-refractivity contribution in [3.63, 3.8) is 0 Å². The summed E-state index contributed by atoms with van der Waals surface area (Å²) in [5.41, 5.74) is 1.62. The summed E-state index contributed by atoms with van der Waals surface area (Å²) in [6, 6.07) is 0.455. The Morgan fingerprint density at radius 3 is 2.19 bits per heavy atom. The van der Waals surface area contributed by atoms with Gasteiger partial charge in [-0.05, 0) is 39.5 Å². The molecule has 122 valence electrons. The average molecular weight is 312 g/mol. The summed E-state index contributed by atoms with van der Waals surface area (Å²) >= 11 is 1.83. The zero-order valence-corrected chi connectivity index (χ0v) is 16.1. The molecule has 1 aromatic rings. The predicted octanol–water partition coefficient (Wildman–Crippen LogP) is 4.46. The molecule has 1 unspecified atom stereocenters. The number of anilines is 1. The largest absolute Gasteiger partial charge is 0.348 e. The maximum Gasteiger partial charge on any atom is 0.185 e. The number of thiazole rings is 1. The molecule has 0 radical (unpaired) electrons. The second-order valence-corrected chi connectivity index (χ2v) is 9.04. The van der Waals surface area contributed by atoms with Crippen molar-refractivity contribution in [3.05, 3.63) is 10.6 Å². The molecule has 0 bridgehead atoms. The molecule has 0 saturated heterocycles. The number of nitrogens with zero attached hydrogens (tertiary/aromatic N) is 2. The molecule has 0 amide bonds. The summed E-state index contributed by atoms with van der Waals surface area (Å²) < 4.78 is 0. The minimum Gasteiger partial charge on any atom is -0.348 e. The summed E-state index contributed by atoms with van der Waals surface area (Å²) in [6.07, 6.45) is 0.995. The van der Waals surface area contributed by atoms with E-state index in [4.69, 9.17) is 4.98 Å². The van der Waals surface area contributed by atoms with Gasteiger partial charge in [-0.15, -0.1) is 11.3 Å². The highest BCUT2D eigenvalue weighted by atomic mass is 32.1. The Hall–Kier alpha value is -0.610. The normalized spacial score (nSPS) is 14.3. The molecular formula is C17H33N3S. The van der Waals surface area contributed by atoms with E-state index in [2.05, 4.69) is 72.7 Å². The number of aromatic nitrogens is 1. The first-order chi connectivity index (χ1) is 9.45. The third-order valence-electron chi connectivity index (χ3n) is 4.02. The van der Waals surface area contributed by atoms with Crippen LogP contribution < -0.4 is 10.2 Å². The van der Waals surface area contributed by atoms with Crippen LogP contribution >= 0.6 is 11.3 Å². The molecule has 0 spiro atoms. The summed E-state index contributed by atoms with van der Waals surface area (Å²) in [4.78, 5) is 8.56. The Labute approximate surface area is 135 Å². The standard InChI is InChI=1S/C17H33N3S/c1-10-13-14(11-18-17(6,7)8)21-15(19-13)20(9)12(2)16(3,4)5/h12,18H,10-11H2,1-9H3. The van der Waals surface area contributed by atoms with E-state index >= 15 is 0 Å². The van der Waals surface area contributed by atoms with E-state index in [-0.39, 0.29) is 11.0 Å². The summed E-state index contributed by atoms with van der Waals surface area (Å²) in [7, 11) is 2.16. The van der Waals surface area contributed by atoms with E-state index in [1.807, 2.05) is 11.3 Å². The highest BCUT2D eigenvalue weighted by Crippen LogP contribution is 2.32. The number of rotatable bonds is 5. The fourth-order valence-corrected chi connectivity index (χ4v) is 3.16. The molecular weight excluding hydrogens is 278 g/mol. The van der Waals surface area contributed by atoms with Gasteiger partial charge in [0.2, 0.25) is 0 Å². The van der Waals surface area contributed by atoms with Crippen LogP contribution in [0.3, 0.4) is 0 Å². The second kappa shape index (κ2) is 6.66. The Bertz CT molecular complexity index is 452. The lowest BCUT2D eigenvalue weighted by molar-refractivity contribution is 0.329.